The predicted molar refractivity (Wildman–Crippen MR) is 88.5 cm³/mol. The van der Waals surface area contributed by atoms with Crippen LogP contribution in [0.25, 0.3) is 0 Å². The van der Waals surface area contributed by atoms with E-state index in [1.807, 2.05) is 23.6 Å². The molecular weight excluding hydrogens is 328 g/mol. The van der Waals surface area contributed by atoms with Crippen molar-refractivity contribution in [3.05, 3.63) is 0 Å². The van der Waals surface area contributed by atoms with Gasteiger partial charge >= 0.3 is 0 Å². The molecule has 0 radical (unpaired) electrons. The number of Topliss-reactive ketones (excluding diaryl/α,β-unsaturated/α-hetero) is 1. The quantitative estimate of drug-likeness (QED) is 0.346. The SMILES string of the molecule is CCC12CN3CC(CC)(CN(C1)C3[C@@H](O)[C@@H](O)[C@H](O)[C@@H](O)CO)C2=O. The van der Waals surface area contributed by atoms with Crippen molar-refractivity contribution in [3.8, 4) is 0 Å². The number of piperidine rings is 2. The summed E-state index contributed by atoms with van der Waals surface area (Å²) in [4.78, 5) is 17.1. The van der Waals surface area contributed by atoms with Gasteiger partial charge in [0.2, 0.25) is 0 Å². The van der Waals surface area contributed by atoms with Crippen molar-refractivity contribution in [2.24, 2.45) is 10.8 Å². The molecular formula is C17H30N2O6. The van der Waals surface area contributed by atoms with Gasteiger partial charge < -0.3 is 25.5 Å². The highest BCUT2D eigenvalue weighted by Gasteiger charge is 2.65. The van der Waals surface area contributed by atoms with Crippen LogP contribution in [-0.4, -0.2) is 104 Å². The van der Waals surface area contributed by atoms with Crippen molar-refractivity contribution in [1.29, 1.82) is 0 Å². The Morgan fingerprint density at radius 2 is 1.40 bits per heavy atom. The van der Waals surface area contributed by atoms with Crippen LogP contribution in [0, 0.1) is 10.8 Å². The predicted octanol–water partition coefficient (Wildman–Crippen LogP) is -2.24. The van der Waals surface area contributed by atoms with Gasteiger partial charge in [0.25, 0.3) is 0 Å². The maximum Gasteiger partial charge on any atom is 0.150 e. The molecule has 0 aromatic heterocycles. The van der Waals surface area contributed by atoms with Crippen molar-refractivity contribution in [1.82, 2.24) is 9.80 Å². The molecule has 0 aliphatic carbocycles. The lowest BCUT2D eigenvalue weighted by molar-refractivity contribution is -0.234. The van der Waals surface area contributed by atoms with Gasteiger partial charge in [-0.05, 0) is 12.8 Å². The maximum atomic E-state index is 13.1. The third-order valence-electron chi connectivity index (χ3n) is 6.67. The molecule has 4 fully saturated rings. The summed E-state index contributed by atoms with van der Waals surface area (Å²) in [6.45, 7) is 5.47. The minimum atomic E-state index is -1.64. The lowest BCUT2D eigenvalue weighted by Crippen LogP contribution is -2.81. The van der Waals surface area contributed by atoms with Crippen LogP contribution < -0.4 is 0 Å². The fourth-order valence-corrected chi connectivity index (χ4v) is 5.14. The first-order valence-corrected chi connectivity index (χ1v) is 9.11. The van der Waals surface area contributed by atoms with E-state index < -0.39 is 48.0 Å². The van der Waals surface area contributed by atoms with Gasteiger partial charge in [-0.1, -0.05) is 13.8 Å². The Labute approximate surface area is 147 Å². The Hall–Kier alpha value is -0.610. The first-order valence-electron chi connectivity index (χ1n) is 9.11. The second kappa shape index (κ2) is 6.53. The largest absolute Gasteiger partial charge is 0.394 e. The van der Waals surface area contributed by atoms with Crippen molar-refractivity contribution >= 4 is 5.78 Å². The van der Waals surface area contributed by atoms with Crippen LogP contribution in [0.15, 0.2) is 0 Å². The second-order valence-electron chi connectivity index (χ2n) is 8.04. The molecule has 8 nitrogen and oxygen atoms in total. The average Bonchev–Trinajstić information content (AvgIpc) is 2.62. The number of hydrogen-bond donors (Lipinski definition) is 5. The molecule has 0 aromatic carbocycles. The molecule has 144 valence electrons. The first kappa shape index (κ1) is 19.2. The summed E-state index contributed by atoms with van der Waals surface area (Å²) in [6.07, 6.45) is -5.10. The zero-order valence-corrected chi connectivity index (χ0v) is 14.9. The topological polar surface area (TPSA) is 125 Å². The smallest absolute Gasteiger partial charge is 0.150 e. The summed E-state index contributed by atoms with van der Waals surface area (Å²) in [5.74, 6) is 0.321. The molecule has 4 atom stereocenters. The molecule has 4 rings (SSSR count). The average molecular weight is 358 g/mol. The molecule has 0 spiro atoms. The molecule has 4 aliphatic rings. The number of aliphatic hydroxyl groups excluding tert-OH is 5. The number of hydrogen-bond acceptors (Lipinski definition) is 8. The van der Waals surface area contributed by atoms with Gasteiger partial charge in [0, 0.05) is 26.2 Å². The lowest BCUT2D eigenvalue weighted by Gasteiger charge is -2.67. The Morgan fingerprint density at radius 1 is 0.960 bits per heavy atom. The summed E-state index contributed by atoms with van der Waals surface area (Å²) < 4.78 is 0. The van der Waals surface area contributed by atoms with E-state index in [2.05, 4.69) is 0 Å². The molecule has 5 N–H and O–H groups in total. The van der Waals surface area contributed by atoms with E-state index in [1.54, 1.807) is 0 Å². The van der Waals surface area contributed by atoms with Gasteiger partial charge in [-0.3, -0.25) is 14.6 Å². The van der Waals surface area contributed by atoms with Crippen molar-refractivity contribution in [2.45, 2.75) is 57.3 Å². The van der Waals surface area contributed by atoms with Gasteiger partial charge in [0.1, 0.15) is 30.2 Å². The highest BCUT2D eigenvalue weighted by molar-refractivity contribution is 5.93. The summed E-state index contributed by atoms with van der Waals surface area (Å²) in [6, 6.07) is 0. The monoisotopic (exact) mass is 358 g/mol. The Bertz CT molecular complexity index is 487. The van der Waals surface area contributed by atoms with Crippen molar-refractivity contribution in [2.75, 3.05) is 32.8 Å². The van der Waals surface area contributed by atoms with Gasteiger partial charge in [-0.25, -0.2) is 0 Å². The fourth-order valence-electron chi connectivity index (χ4n) is 5.14. The van der Waals surface area contributed by atoms with E-state index in [4.69, 9.17) is 5.11 Å². The van der Waals surface area contributed by atoms with E-state index in [9.17, 15) is 25.2 Å². The number of nitrogens with zero attached hydrogens (tertiary/aromatic N) is 2. The normalized spacial score (nSPS) is 44.6. The number of ketones is 1. The van der Waals surface area contributed by atoms with Gasteiger partial charge in [0.05, 0.1) is 23.6 Å². The van der Waals surface area contributed by atoms with E-state index in [0.717, 1.165) is 12.8 Å². The fraction of sp³-hybridized carbons (Fsp3) is 0.941. The zero-order valence-electron chi connectivity index (χ0n) is 14.9. The van der Waals surface area contributed by atoms with E-state index >= 15 is 0 Å². The molecule has 4 aliphatic heterocycles. The number of rotatable bonds is 7. The van der Waals surface area contributed by atoms with Crippen LogP contribution in [0.4, 0.5) is 0 Å². The van der Waals surface area contributed by atoms with Crippen LogP contribution in [0.1, 0.15) is 26.7 Å². The molecule has 8 heteroatoms. The van der Waals surface area contributed by atoms with Gasteiger partial charge in [-0.2, -0.15) is 0 Å². The highest BCUT2D eigenvalue weighted by atomic mass is 16.4. The summed E-state index contributed by atoms with van der Waals surface area (Å²) in [5.41, 5.74) is -0.867. The van der Waals surface area contributed by atoms with Crippen LogP contribution in [-0.2, 0) is 4.79 Å². The maximum absolute atomic E-state index is 13.1. The minimum Gasteiger partial charge on any atom is -0.394 e. The van der Waals surface area contributed by atoms with Crippen molar-refractivity contribution in [3.63, 3.8) is 0 Å². The molecule has 4 saturated heterocycles. The van der Waals surface area contributed by atoms with E-state index in [1.165, 1.54) is 0 Å². The Morgan fingerprint density at radius 3 is 1.76 bits per heavy atom. The summed E-state index contributed by atoms with van der Waals surface area (Å²) >= 11 is 0. The van der Waals surface area contributed by atoms with Crippen LogP contribution in [0.3, 0.4) is 0 Å². The molecule has 0 aromatic rings. The van der Waals surface area contributed by atoms with Crippen LogP contribution >= 0.6 is 0 Å². The van der Waals surface area contributed by atoms with Gasteiger partial charge in [-0.15, -0.1) is 0 Å². The van der Waals surface area contributed by atoms with E-state index in [0.29, 0.717) is 32.0 Å². The Balaban J connectivity index is 1.84. The van der Waals surface area contributed by atoms with Crippen LogP contribution in [0.2, 0.25) is 0 Å². The summed E-state index contributed by atoms with van der Waals surface area (Å²) in [7, 11) is 0. The standard InChI is InChI=1S/C17H30N2O6/c1-3-16-6-18-8-17(4-2,15(16)25)9-19(7-16)14(18)13(24)12(23)11(22)10(21)5-20/h10-14,20-24H,3-9H2,1-2H3/t10-,11+,12-,13-,14?,16?,17?/m0/s1. The zero-order chi connectivity index (χ0) is 18.6. The lowest BCUT2D eigenvalue weighted by atomic mass is 9.58. The van der Waals surface area contributed by atoms with E-state index in [-0.39, 0.29) is 0 Å². The van der Waals surface area contributed by atoms with Crippen LogP contribution in [0.5, 0.6) is 0 Å². The minimum absolute atomic E-state index is 0.321. The number of carbonyl (C=O) groups excluding carboxylic acids is 1. The molecule has 0 unspecified atom stereocenters. The third kappa shape index (κ3) is 2.66. The molecule has 0 amide bonds. The molecule has 4 bridgehead atoms. The second-order valence-corrected chi connectivity index (χ2v) is 8.04. The number of carbonyl (C=O) groups is 1. The van der Waals surface area contributed by atoms with Gasteiger partial charge in [0.15, 0.2) is 0 Å². The van der Waals surface area contributed by atoms with Crippen molar-refractivity contribution < 1.29 is 30.3 Å². The third-order valence-corrected chi connectivity index (χ3v) is 6.67. The molecule has 25 heavy (non-hydrogen) atoms. The first-order chi connectivity index (χ1) is 11.7. The Kier molecular flexibility index (Phi) is 5.00. The molecule has 4 heterocycles. The highest BCUT2D eigenvalue weighted by Crippen LogP contribution is 2.51. The summed E-state index contributed by atoms with van der Waals surface area (Å²) in [5, 5.41) is 49.4. The number of aliphatic hydroxyl groups is 5. The molecule has 0 saturated carbocycles.